The molecule has 0 bridgehead atoms. The van der Waals surface area contributed by atoms with Crippen LogP contribution in [0.3, 0.4) is 0 Å². The lowest BCUT2D eigenvalue weighted by molar-refractivity contribution is 0.100. The number of nitrogens with zero attached hydrogens (tertiary/aromatic N) is 2. The molecule has 1 aliphatic rings. The van der Waals surface area contributed by atoms with Crippen LogP contribution in [-0.4, -0.2) is 32.7 Å². The molecule has 0 aliphatic heterocycles. The number of amides is 1. The van der Waals surface area contributed by atoms with Crippen molar-refractivity contribution in [1.29, 1.82) is 0 Å². The van der Waals surface area contributed by atoms with Crippen LogP contribution in [0.2, 0.25) is 0 Å². The largest absolute Gasteiger partial charge is 0.393 e. The van der Waals surface area contributed by atoms with Crippen molar-refractivity contribution in [2.24, 2.45) is 5.73 Å². The van der Waals surface area contributed by atoms with E-state index in [1.165, 1.54) is 0 Å². The fourth-order valence-corrected chi connectivity index (χ4v) is 5.55. The molecule has 2 aromatic heterocycles. The molecule has 7 nitrogen and oxygen atoms in total. The fourth-order valence-electron chi connectivity index (χ4n) is 5.55. The third-order valence-electron chi connectivity index (χ3n) is 7.38. The Labute approximate surface area is 226 Å². The monoisotopic (exact) mass is 527 g/mol. The minimum atomic E-state index is -0.467. The number of aliphatic hydroxyl groups is 1. The van der Waals surface area contributed by atoms with Crippen molar-refractivity contribution >= 4 is 51.6 Å². The highest BCUT2D eigenvalue weighted by atomic mass is 35.5. The highest BCUT2D eigenvalue weighted by Crippen LogP contribution is 2.39. The topological polar surface area (TPSA) is 119 Å². The van der Waals surface area contributed by atoms with Gasteiger partial charge in [0.2, 0.25) is 0 Å². The zero-order valence-corrected chi connectivity index (χ0v) is 21.6. The van der Waals surface area contributed by atoms with Gasteiger partial charge in [-0.15, -0.1) is 12.4 Å². The summed E-state index contributed by atoms with van der Waals surface area (Å²) in [6.45, 7) is 0. The average molecular weight is 528 g/mol. The van der Waals surface area contributed by atoms with Crippen LogP contribution in [0.4, 0.5) is 11.5 Å². The van der Waals surface area contributed by atoms with Gasteiger partial charge >= 0.3 is 0 Å². The van der Waals surface area contributed by atoms with Crippen molar-refractivity contribution in [3.8, 4) is 16.8 Å². The van der Waals surface area contributed by atoms with Gasteiger partial charge in [0.1, 0.15) is 5.82 Å². The first-order chi connectivity index (χ1) is 18.0. The van der Waals surface area contributed by atoms with E-state index in [9.17, 15) is 9.90 Å². The van der Waals surface area contributed by atoms with Gasteiger partial charge in [-0.25, -0.2) is 4.98 Å². The van der Waals surface area contributed by atoms with E-state index in [-0.39, 0.29) is 24.6 Å². The highest BCUT2D eigenvalue weighted by Gasteiger charge is 2.22. The number of halogens is 1. The molecule has 6 rings (SSSR count). The number of hydrogen-bond acceptors (Lipinski definition) is 5. The Kier molecular flexibility index (Phi) is 6.97. The number of primary amides is 1. The lowest BCUT2D eigenvalue weighted by atomic mass is 9.92. The number of aliphatic hydroxyl groups excluding tert-OH is 1. The maximum Gasteiger partial charge on any atom is 0.250 e. The number of rotatable bonds is 5. The predicted octanol–water partition coefficient (Wildman–Crippen LogP) is 5.66. The van der Waals surface area contributed by atoms with E-state index < -0.39 is 5.91 Å². The number of nitrogens with one attached hydrogen (secondary N) is 1. The number of nitrogen functional groups attached to an aromatic ring is 1. The van der Waals surface area contributed by atoms with E-state index in [0.29, 0.717) is 11.4 Å². The maximum absolute atomic E-state index is 12.3. The fraction of sp³-hybridized carbons (Fsp3) is 0.200. The van der Waals surface area contributed by atoms with Crippen LogP contribution < -0.4 is 16.8 Å². The van der Waals surface area contributed by atoms with Gasteiger partial charge in [-0.1, -0.05) is 30.3 Å². The number of carbonyl (C=O) groups is 1. The number of anilines is 2. The zero-order chi connectivity index (χ0) is 25.5. The summed E-state index contributed by atoms with van der Waals surface area (Å²) in [4.78, 5) is 16.6. The van der Waals surface area contributed by atoms with Gasteiger partial charge in [0, 0.05) is 39.9 Å². The van der Waals surface area contributed by atoms with Gasteiger partial charge < -0.3 is 26.5 Å². The smallest absolute Gasteiger partial charge is 0.250 e. The van der Waals surface area contributed by atoms with E-state index in [1.807, 2.05) is 42.5 Å². The molecule has 6 N–H and O–H groups in total. The molecule has 0 saturated heterocycles. The number of aromatic nitrogens is 2. The summed E-state index contributed by atoms with van der Waals surface area (Å²) < 4.78 is 2.22. The first kappa shape index (κ1) is 25.6. The van der Waals surface area contributed by atoms with Crippen LogP contribution in [0.15, 0.2) is 79.0 Å². The predicted molar refractivity (Wildman–Crippen MR) is 156 cm³/mol. The zero-order valence-electron chi connectivity index (χ0n) is 20.8. The molecular formula is C30H30ClN5O2. The van der Waals surface area contributed by atoms with E-state index in [2.05, 4.69) is 39.1 Å². The Bertz CT molecular complexity index is 1620. The van der Waals surface area contributed by atoms with Crippen molar-refractivity contribution < 1.29 is 9.90 Å². The van der Waals surface area contributed by atoms with Gasteiger partial charge in [0.05, 0.1) is 22.7 Å². The minimum Gasteiger partial charge on any atom is -0.393 e. The Morgan fingerprint density at radius 3 is 2.45 bits per heavy atom. The van der Waals surface area contributed by atoms with E-state index in [0.717, 1.165) is 70.0 Å². The SMILES string of the molecule is Cl.NC(=O)c1ccc(-n2c3ccccc3c3c(-c4ccc(N)nc4)cccc32)cc1NC1CCC(O)CC1. The molecule has 1 amide bonds. The van der Waals surface area contributed by atoms with Gasteiger partial charge in [-0.3, -0.25) is 4.79 Å². The number of benzene rings is 3. The van der Waals surface area contributed by atoms with Crippen LogP contribution >= 0.6 is 12.4 Å². The molecular weight excluding hydrogens is 498 g/mol. The van der Waals surface area contributed by atoms with Crippen LogP contribution in [0.5, 0.6) is 0 Å². The lowest BCUT2D eigenvalue weighted by Gasteiger charge is -2.28. The van der Waals surface area contributed by atoms with Crippen LogP contribution in [-0.2, 0) is 0 Å². The van der Waals surface area contributed by atoms with E-state index in [1.54, 1.807) is 12.3 Å². The summed E-state index contributed by atoms with van der Waals surface area (Å²) in [6, 6.07) is 24.3. The minimum absolute atomic E-state index is 0. The normalized spacial score (nSPS) is 17.3. The van der Waals surface area contributed by atoms with Crippen molar-refractivity contribution in [3.63, 3.8) is 0 Å². The van der Waals surface area contributed by atoms with Crippen molar-refractivity contribution in [2.45, 2.75) is 37.8 Å². The van der Waals surface area contributed by atoms with Crippen molar-refractivity contribution in [1.82, 2.24) is 9.55 Å². The quantitative estimate of drug-likeness (QED) is 0.235. The summed E-state index contributed by atoms with van der Waals surface area (Å²) in [5, 5.41) is 15.7. The number of nitrogens with two attached hydrogens (primary N) is 2. The summed E-state index contributed by atoms with van der Waals surface area (Å²) >= 11 is 0. The summed E-state index contributed by atoms with van der Waals surface area (Å²) in [5.41, 5.74) is 17.9. The van der Waals surface area contributed by atoms with Crippen LogP contribution in [0, 0.1) is 0 Å². The van der Waals surface area contributed by atoms with Crippen LogP contribution in [0.1, 0.15) is 36.0 Å². The molecule has 0 spiro atoms. The highest BCUT2D eigenvalue weighted by molar-refractivity contribution is 6.15. The summed E-state index contributed by atoms with van der Waals surface area (Å²) in [5.74, 6) is 0.0191. The first-order valence-electron chi connectivity index (χ1n) is 12.6. The van der Waals surface area contributed by atoms with Crippen LogP contribution in [0.25, 0.3) is 38.6 Å². The number of carbonyl (C=O) groups excluding carboxylic acids is 1. The Morgan fingerprint density at radius 2 is 1.71 bits per heavy atom. The lowest BCUT2D eigenvalue weighted by Crippen LogP contribution is -2.29. The van der Waals surface area contributed by atoms with Gasteiger partial charge in [0.25, 0.3) is 5.91 Å². The maximum atomic E-state index is 12.3. The van der Waals surface area contributed by atoms with Crippen molar-refractivity contribution in [2.75, 3.05) is 11.1 Å². The average Bonchev–Trinajstić information content (AvgIpc) is 3.25. The van der Waals surface area contributed by atoms with Gasteiger partial charge in [-0.2, -0.15) is 0 Å². The molecule has 5 aromatic rings. The molecule has 1 saturated carbocycles. The third kappa shape index (κ3) is 4.55. The third-order valence-corrected chi connectivity index (χ3v) is 7.38. The molecule has 2 heterocycles. The molecule has 0 atom stereocenters. The van der Waals surface area contributed by atoms with E-state index >= 15 is 0 Å². The number of hydrogen-bond donors (Lipinski definition) is 4. The number of para-hydroxylation sites is 1. The molecule has 3 aromatic carbocycles. The Morgan fingerprint density at radius 1 is 0.947 bits per heavy atom. The molecule has 38 heavy (non-hydrogen) atoms. The molecule has 0 unspecified atom stereocenters. The standard InChI is InChI=1S/C30H29N5O2.ClH/c31-28-15-8-18(17-33-28)22-5-3-7-27-29(22)24-4-1-2-6-26(24)35(27)20-11-14-23(30(32)37)25(16-20)34-19-9-12-21(36)13-10-19;/h1-8,11,14-17,19,21,34,36H,9-10,12-13H2,(H2,31,33)(H2,32,37);1H. The van der Waals surface area contributed by atoms with E-state index in [4.69, 9.17) is 11.5 Å². The van der Waals surface area contributed by atoms with Crippen molar-refractivity contribution in [3.05, 3.63) is 84.6 Å². The Hall–Kier alpha value is -4.07. The second kappa shape index (κ2) is 10.4. The molecule has 194 valence electrons. The molecule has 0 radical (unpaired) electrons. The first-order valence-corrected chi connectivity index (χ1v) is 12.6. The molecule has 8 heteroatoms. The second-order valence-electron chi connectivity index (χ2n) is 9.77. The second-order valence-corrected chi connectivity index (χ2v) is 9.77. The summed E-state index contributed by atoms with van der Waals surface area (Å²) in [6.07, 6.45) is 4.75. The number of fused-ring (bicyclic) bond motifs is 3. The van der Waals surface area contributed by atoms with Gasteiger partial charge in [-0.05, 0) is 73.7 Å². The molecule has 1 aliphatic carbocycles. The Balaban J connectivity index is 0.00000294. The van der Waals surface area contributed by atoms with Gasteiger partial charge in [0.15, 0.2) is 0 Å². The number of pyridine rings is 1. The summed E-state index contributed by atoms with van der Waals surface area (Å²) in [7, 11) is 0. The molecule has 1 fully saturated rings.